The summed E-state index contributed by atoms with van der Waals surface area (Å²) in [4.78, 5) is 9.98. The molecule has 2 rings (SSSR count). The zero-order valence-electron chi connectivity index (χ0n) is 10.4. The van der Waals surface area contributed by atoms with Crippen molar-refractivity contribution in [3.05, 3.63) is 34.1 Å². The van der Waals surface area contributed by atoms with Crippen molar-refractivity contribution >= 4 is 11.4 Å². The van der Waals surface area contributed by atoms with Crippen molar-refractivity contribution < 1.29 is 9.31 Å². The van der Waals surface area contributed by atoms with Crippen molar-refractivity contribution in [3.8, 4) is 0 Å². The van der Waals surface area contributed by atoms with E-state index in [1.165, 1.54) is 18.9 Å². The maximum atomic E-state index is 13.2. The first kappa shape index (κ1) is 12.8. The molecule has 1 aromatic carbocycles. The lowest BCUT2D eigenvalue weighted by Gasteiger charge is -2.20. The van der Waals surface area contributed by atoms with Crippen LogP contribution in [-0.2, 0) is 0 Å². The molecular weight excluding hydrogens is 235 g/mol. The molecule has 0 spiro atoms. The van der Waals surface area contributed by atoms with Gasteiger partial charge in [-0.1, -0.05) is 19.8 Å². The second-order valence-electron chi connectivity index (χ2n) is 4.77. The maximum Gasteiger partial charge on any atom is 0.306 e. The first-order chi connectivity index (χ1) is 8.61. The topological polar surface area (TPSA) is 55.2 Å². The minimum Gasteiger partial charge on any atom is -0.382 e. The highest BCUT2D eigenvalue weighted by molar-refractivity contribution is 5.52. The number of hydrogen-bond acceptors (Lipinski definition) is 3. The van der Waals surface area contributed by atoms with Gasteiger partial charge in [-0.3, -0.25) is 10.1 Å². The summed E-state index contributed by atoms with van der Waals surface area (Å²) < 4.78 is 13.2. The molecule has 5 heteroatoms. The minimum atomic E-state index is -0.788. The number of benzene rings is 1. The number of nitro groups is 1. The molecule has 0 amide bonds. The molecule has 1 aliphatic carbocycles. The van der Waals surface area contributed by atoms with E-state index in [4.69, 9.17) is 0 Å². The monoisotopic (exact) mass is 252 g/mol. The Morgan fingerprint density at radius 2 is 2.28 bits per heavy atom. The first-order valence-electron chi connectivity index (χ1n) is 6.32. The molecule has 2 unspecified atom stereocenters. The van der Waals surface area contributed by atoms with Gasteiger partial charge in [-0.25, -0.2) is 0 Å². The molecule has 0 radical (unpaired) electrons. The lowest BCUT2D eigenvalue weighted by Crippen LogP contribution is -2.23. The van der Waals surface area contributed by atoms with Gasteiger partial charge in [0.2, 0.25) is 5.82 Å². The Morgan fingerprint density at radius 3 is 2.94 bits per heavy atom. The summed E-state index contributed by atoms with van der Waals surface area (Å²) in [7, 11) is 0. The van der Waals surface area contributed by atoms with Crippen LogP contribution in [0.1, 0.15) is 32.6 Å². The molecule has 1 aliphatic rings. The van der Waals surface area contributed by atoms with E-state index in [-0.39, 0.29) is 0 Å². The summed E-state index contributed by atoms with van der Waals surface area (Å²) in [5.74, 6) is -0.182. The van der Waals surface area contributed by atoms with Gasteiger partial charge < -0.3 is 5.32 Å². The van der Waals surface area contributed by atoms with Crippen LogP contribution in [0.2, 0.25) is 0 Å². The van der Waals surface area contributed by atoms with Crippen molar-refractivity contribution in [1.82, 2.24) is 0 Å². The minimum absolute atomic E-state index is 0.347. The van der Waals surface area contributed by atoms with Crippen molar-refractivity contribution in [3.63, 3.8) is 0 Å². The van der Waals surface area contributed by atoms with Crippen LogP contribution in [0.25, 0.3) is 0 Å². The Morgan fingerprint density at radius 1 is 1.50 bits per heavy atom. The van der Waals surface area contributed by atoms with Crippen LogP contribution in [0.5, 0.6) is 0 Å². The van der Waals surface area contributed by atoms with E-state index >= 15 is 0 Å². The van der Waals surface area contributed by atoms with E-state index in [0.29, 0.717) is 17.6 Å². The third kappa shape index (κ3) is 2.60. The van der Waals surface area contributed by atoms with Gasteiger partial charge in [-0.15, -0.1) is 0 Å². The average molecular weight is 252 g/mol. The van der Waals surface area contributed by atoms with E-state index in [1.54, 1.807) is 6.07 Å². The molecule has 0 aliphatic heterocycles. The molecule has 1 saturated carbocycles. The molecule has 1 N–H and O–H groups in total. The summed E-state index contributed by atoms with van der Waals surface area (Å²) in [6.45, 7) is 2.15. The van der Waals surface area contributed by atoms with Gasteiger partial charge in [0.15, 0.2) is 0 Å². The summed E-state index contributed by atoms with van der Waals surface area (Å²) >= 11 is 0. The number of hydrogen-bond donors (Lipinski definition) is 1. The Balaban J connectivity index is 2.14. The molecule has 0 aromatic heterocycles. The Hall–Kier alpha value is -1.65. The van der Waals surface area contributed by atoms with Crippen molar-refractivity contribution in [2.24, 2.45) is 5.92 Å². The van der Waals surface area contributed by atoms with Crippen LogP contribution in [0, 0.1) is 21.8 Å². The SMILES string of the molecule is CCC1CCCC1Nc1ccc(F)c([N+](=O)[O-])c1. The normalized spacial score (nSPS) is 23.0. The molecule has 1 fully saturated rings. The van der Waals surface area contributed by atoms with Crippen molar-refractivity contribution in [2.75, 3.05) is 5.32 Å². The maximum absolute atomic E-state index is 13.2. The lowest BCUT2D eigenvalue weighted by molar-refractivity contribution is -0.387. The Kier molecular flexibility index (Phi) is 3.79. The first-order valence-corrected chi connectivity index (χ1v) is 6.32. The number of halogens is 1. The number of nitro benzene ring substituents is 1. The Labute approximate surface area is 105 Å². The van der Waals surface area contributed by atoms with Gasteiger partial charge in [0.1, 0.15) is 0 Å². The van der Waals surface area contributed by atoms with Gasteiger partial charge in [0.25, 0.3) is 0 Å². The molecule has 0 heterocycles. The van der Waals surface area contributed by atoms with Gasteiger partial charge in [-0.2, -0.15) is 4.39 Å². The fourth-order valence-electron chi connectivity index (χ4n) is 2.67. The molecule has 4 nitrogen and oxygen atoms in total. The lowest BCUT2D eigenvalue weighted by atomic mass is 10.0. The van der Waals surface area contributed by atoms with Crippen molar-refractivity contribution in [2.45, 2.75) is 38.6 Å². The van der Waals surface area contributed by atoms with Crippen molar-refractivity contribution in [1.29, 1.82) is 0 Å². The molecule has 2 atom stereocenters. The van der Waals surface area contributed by atoms with Crippen LogP contribution < -0.4 is 5.32 Å². The van der Waals surface area contributed by atoms with Gasteiger partial charge in [0.05, 0.1) is 4.92 Å². The quantitative estimate of drug-likeness (QED) is 0.656. The molecule has 1 aromatic rings. The summed E-state index contributed by atoms with van der Waals surface area (Å²) in [5.41, 5.74) is 0.166. The Bertz CT molecular complexity index is 451. The second-order valence-corrected chi connectivity index (χ2v) is 4.77. The van der Waals surface area contributed by atoms with E-state index in [9.17, 15) is 14.5 Å². The number of rotatable bonds is 4. The van der Waals surface area contributed by atoms with E-state index in [1.807, 2.05) is 0 Å². The molecule has 98 valence electrons. The van der Waals surface area contributed by atoms with Crippen LogP contribution in [0.15, 0.2) is 18.2 Å². The highest BCUT2D eigenvalue weighted by Crippen LogP contribution is 2.31. The highest BCUT2D eigenvalue weighted by Gasteiger charge is 2.26. The van der Waals surface area contributed by atoms with E-state index in [0.717, 1.165) is 18.9 Å². The van der Waals surface area contributed by atoms with Crippen LogP contribution in [-0.4, -0.2) is 11.0 Å². The molecule has 0 saturated heterocycles. The third-order valence-electron chi connectivity index (χ3n) is 3.68. The van der Waals surface area contributed by atoms with Crippen LogP contribution in [0.4, 0.5) is 15.8 Å². The van der Waals surface area contributed by atoms with E-state index < -0.39 is 16.4 Å². The van der Waals surface area contributed by atoms with Crippen LogP contribution >= 0.6 is 0 Å². The molecule has 18 heavy (non-hydrogen) atoms. The van der Waals surface area contributed by atoms with Gasteiger partial charge >= 0.3 is 5.69 Å². The zero-order valence-corrected chi connectivity index (χ0v) is 10.4. The van der Waals surface area contributed by atoms with Gasteiger partial charge in [-0.05, 0) is 30.9 Å². The predicted octanol–water partition coefficient (Wildman–Crippen LogP) is 3.72. The number of nitrogens with one attached hydrogen (secondary N) is 1. The average Bonchev–Trinajstić information content (AvgIpc) is 2.78. The number of nitrogens with zero attached hydrogens (tertiary/aromatic N) is 1. The van der Waals surface area contributed by atoms with Gasteiger partial charge in [0, 0.05) is 17.8 Å². The van der Waals surface area contributed by atoms with Crippen LogP contribution in [0.3, 0.4) is 0 Å². The predicted molar refractivity (Wildman–Crippen MR) is 68.1 cm³/mol. The molecular formula is C13H17FN2O2. The highest BCUT2D eigenvalue weighted by atomic mass is 19.1. The number of anilines is 1. The largest absolute Gasteiger partial charge is 0.382 e. The summed E-state index contributed by atoms with van der Waals surface area (Å²) in [6.07, 6.45) is 4.54. The summed E-state index contributed by atoms with van der Waals surface area (Å²) in [5, 5.41) is 14.0. The zero-order chi connectivity index (χ0) is 13.1. The fraction of sp³-hybridized carbons (Fsp3) is 0.538. The molecule has 0 bridgehead atoms. The second kappa shape index (κ2) is 5.33. The standard InChI is InChI=1S/C13H17FN2O2/c1-2-9-4-3-5-12(9)15-10-6-7-11(14)13(8-10)16(17)18/h6-9,12,15H,2-5H2,1H3. The van der Waals surface area contributed by atoms with E-state index in [2.05, 4.69) is 12.2 Å². The third-order valence-corrected chi connectivity index (χ3v) is 3.68. The summed E-state index contributed by atoms with van der Waals surface area (Å²) in [6, 6.07) is 4.34. The smallest absolute Gasteiger partial charge is 0.306 e. The fourth-order valence-corrected chi connectivity index (χ4v) is 2.67.